The van der Waals surface area contributed by atoms with Crippen molar-refractivity contribution in [3.63, 3.8) is 0 Å². The van der Waals surface area contributed by atoms with Crippen LogP contribution < -0.4 is 15.5 Å². The largest absolute Gasteiger partial charge is 0.394 e. The molecule has 14 heteroatoms. The number of ether oxygens (including phenoxy) is 1. The van der Waals surface area contributed by atoms with Crippen molar-refractivity contribution in [2.45, 2.75) is 68.5 Å². The number of rotatable bonds is 8. The third kappa shape index (κ3) is 6.28. The Bertz CT molecular complexity index is 1670. The number of carbonyl (C=O) groups is 1. The fourth-order valence-electron chi connectivity index (χ4n) is 6.56. The first-order valence-corrected chi connectivity index (χ1v) is 16.6. The zero-order valence-electron chi connectivity index (χ0n) is 25.3. The van der Waals surface area contributed by atoms with Gasteiger partial charge in [0.2, 0.25) is 10.0 Å². The second kappa shape index (κ2) is 12.3. The van der Waals surface area contributed by atoms with Gasteiger partial charge in [0.05, 0.1) is 23.1 Å². The lowest BCUT2D eigenvalue weighted by molar-refractivity contribution is 0.0904. The molecule has 0 spiro atoms. The SMILES string of the molecule is CC1(C)CN(S(=O)(=O)c2cc(F)cc(F)c2)Cc2c(NC(=O)c3ccc(N4CCCC4CO)cc3NC3CCOCC3)n[nH]c21. The summed E-state index contributed by atoms with van der Waals surface area (Å²) in [6.07, 6.45) is 3.44. The fourth-order valence-corrected chi connectivity index (χ4v) is 8.17. The highest BCUT2D eigenvalue weighted by Crippen LogP contribution is 2.38. The summed E-state index contributed by atoms with van der Waals surface area (Å²) in [5.41, 5.74) is 2.32. The van der Waals surface area contributed by atoms with Crippen molar-refractivity contribution in [3.05, 3.63) is 64.9 Å². The van der Waals surface area contributed by atoms with Crippen molar-refractivity contribution < 1.29 is 31.8 Å². The normalized spacial score (nSPS) is 20.6. The fraction of sp³-hybridized carbons (Fsp3) is 0.484. The van der Waals surface area contributed by atoms with E-state index in [4.69, 9.17) is 4.74 Å². The zero-order valence-corrected chi connectivity index (χ0v) is 26.1. The molecule has 3 aliphatic heterocycles. The van der Waals surface area contributed by atoms with Gasteiger partial charge in [-0.25, -0.2) is 17.2 Å². The van der Waals surface area contributed by atoms with Gasteiger partial charge in [-0.1, -0.05) is 13.8 Å². The molecule has 4 N–H and O–H groups in total. The molecule has 4 heterocycles. The molecule has 1 aromatic heterocycles. The first-order chi connectivity index (χ1) is 21.5. The topological polar surface area (TPSA) is 140 Å². The van der Waals surface area contributed by atoms with Crippen molar-refractivity contribution in [1.29, 1.82) is 0 Å². The highest BCUT2D eigenvalue weighted by molar-refractivity contribution is 7.89. The molecule has 0 aliphatic carbocycles. The minimum atomic E-state index is -4.28. The number of amides is 1. The van der Waals surface area contributed by atoms with Crippen LogP contribution >= 0.6 is 0 Å². The van der Waals surface area contributed by atoms with Gasteiger partial charge in [0.1, 0.15) is 11.6 Å². The number of aromatic amines is 1. The minimum absolute atomic E-state index is 0.0163. The van der Waals surface area contributed by atoms with E-state index in [1.165, 1.54) is 0 Å². The van der Waals surface area contributed by atoms with Gasteiger partial charge in [0.15, 0.2) is 5.82 Å². The lowest BCUT2D eigenvalue weighted by atomic mass is 9.84. The number of fused-ring (bicyclic) bond motifs is 1. The van der Waals surface area contributed by atoms with Gasteiger partial charge in [-0.3, -0.25) is 9.89 Å². The van der Waals surface area contributed by atoms with Crippen LogP contribution in [0.1, 0.15) is 61.1 Å². The van der Waals surface area contributed by atoms with Crippen LogP contribution in [0.5, 0.6) is 0 Å². The number of benzene rings is 2. The Labute approximate surface area is 261 Å². The Hall–Kier alpha value is -3.59. The Kier molecular flexibility index (Phi) is 8.59. The molecule has 0 bridgehead atoms. The van der Waals surface area contributed by atoms with E-state index in [-0.39, 0.29) is 37.6 Å². The van der Waals surface area contributed by atoms with Gasteiger partial charge in [-0.15, -0.1) is 0 Å². The molecule has 3 aliphatic rings. The maximum atomic E-state index is 14.0. The van der Waals surface area contributed by atoms with E-state index in [1.54, 1.807) is 6.07 Å². The Morgan fingerprint density at radius 1 is 1.13 bits per heavy atom. The summed E-state index contributed by atoms with van der Waals surface area (Å²) in [6, 6.07) is 7.88. The lowest BCUT2D eigenvalue weighted by Gasteiger charge is -2.36. The van der Waals surface area contributed by atoms with Gasteiger partial charge in [0, 0.05) is 73.0 Å². The Morgan fingerprint density at radius 2 is 1.87 bits per heavy atom. The molecule has 1 unspecified atom stereocenters. The van der Waals surface area contributed by atoms with Crippen LogP contribution in [0.15, 0.2) is 41.3 Å². The number of carbonyl (C=O) groups excluding carboxylic acids is 1. The number of sulfonamides is 1. The molecule has 6 rings (SSSR count). The third-order valence-corrected chi connectivity index (χ3v) is 10.7. The second-order valence-corrected chi connectivity index (χ2v) is 14.5. The average Bonchev–Trinajstić information content (AvgIpc) is 3.64. The number of aromatic nitrogens is 2. The summed E-state index contributed by atoms with van der Waals surface area (Å²) in [5.74, 6) is -2.24. The predicted molar refractivity (Wildman–Crippen MR) is 165 cm³/mol. The first kappa shape index (κ1) is 31.4. The van der Waals surface area contributed by atoms with Crippen molar-refractivity contribution in [2.24, 2.45) is 0 Å². The minimum Gasteiger partial charge on any atom is -0.394 e. The van der Waals surface area contributed by atoms with Crippen LogP contribution in [0.25, 0.3) is 0 Å². The van der Waals surface area contributed by atoms with E-state index in [0.29, 0.717) is 41.8 Å². The van der Waals surface area contributed by atoms with Gasteiger partial charge < -0.3 is 25.4 Å². The van der Waals surface area contributed by atoms with E-state index in [2.05, 4.69) is 25.7 Å². The summed E-state index contributed by atoms with van der Waals surface area (Å²) in [4.78, 5) is 15.5. The number of nitrogens with zero attached hydrogens (tertiary/aromatic N) is 3. The molecule has 11 nitrogen and oxygen atoms in total. The number of hydrogen-bond donors (Lipinski definition) is 4. The van der Waals surface area contributed by atoms with Crippen molar-refractivity contribution >= 4 is 33.1 Å². The van der Waals surface area contributed by atoms with Crippen LogP contribution in [-0.4, -0.2) is 78.9 Å². The van der Waals surface area contributed by atoms with Crippen molar-refractivity contribution in [2.75, 3.05) is 48.4 Å². The van der Waals surface area contributed by atoms with Crippen LogP contribution in [0.2, 0.25) is 0 Å². The molecule has 1 atom stereocenters. The molecule has 2 saturated heterocycles. The molecule has 242 valence electrons. The van der Waals surface area contributed by atoms with Gasteiger partial charge in [-0.2, -0.15) is 9.40 Å². The van der Waals surface area contributed by atoms with E-state index >= 15 is 0 Å². The molecule has 3 aromatic rings. The van der Waals surface area contributed by atoms with Crippen molar-refractivity contribution in [1.82, 2.24) is 14.5 Å². The van der Waals surface area contributed by atoms with Gasteiger partial charge in [-0.05, 0) is 56.0 Å². The molecule has 45 heavy (non-hydrogen) atoms. The van der Waals surface area contributed by atoms with Crippen LogP contribution in [-0.2, 0) is 26.7 Å². The molecule has 2 aromatic carbocycles. The summed E-state index contributed by atoms with van der Waals surface area (Å²) < 4.78 is 61.6. The summed E-state index contributed by atoms with van der Waals surface area (Å²) in [7, 11) is -4.28. The summed E-state index contributed by atoms with van der Waals surface area (Å²) in [6.45, 7) is 5.63. The summed E-state index contributed by atoms with van der Waals surface area (Å²) in [5, 5.41) is 23.6. The maximum absolute atomic E-state index is 14.0. The highest BCUT2D eigenvalue weighted by atomic mass is 32.2. The second-order valence-electron chi connectivity index (χ2n) is 12.6. The standard InChI is InChI=1S/C31H38F2N6O5S/c1-31(2)18-38(45(42,43)24-13-19(32)12-20(33)14-24)16-26-28(31)36-37-29(26)35-30(41)25-6-5-22(39-9-3-4-23(39)17-40)15-27(25)34-21-7-10-44-11-8-21/h5-6,12-15,21,23,34,40H,3-4,7-11,16-18H2,1-2H3,(H2,35,36,37,41). The van der Waals surface area contributed by atoms with Gasteiger partial charge >= 0.3 is 0 Å². The van der Waals surface area contributed by atoms with E-state index < -0.39 is 37.9 Å². The number of anilines is 3. The van der Waals surface area contributed by atoms with Crippen LogP contribution in [0.4, 0.5) is 26.0 Å². The van der Waals surface area contributed by atoms with Crippen molar-refractivity contribution in [3.8, 4) is 0 Å². The van der Waals surface area contributed by atoms with Gasteiger partial charge in [0.25, 0.3) is 5.91 Å². The lowest BCUT2D eigenvalue weighted by Crippen LogP contribution is -2.45. The van der Waals surface area contributed by atoms with E-state index in [0.717, 1.165) is 54.4 Å². The van der Waals surface area contributed by atoms with E-state index in [1.807, 2.05) is 26.0 Å². The Morgan fingerprint density at radius 3 is 2.58 bits per heavy atom. The number of hydrogen-bond acceptors (Lipinski definition) is 8. The van der Waals surface area contributed by atoms with Crippen LogP contribution in [0.3, 0.4) is 0 Å². The monoisotopic (exact) mass is 644 g/mol. The predicted octanol–water partition coefficient (Wildman–Crippen LogP) is 3.97. The molecular formula is C31H38F2N6O5S. The number of H-pyrrole nitrogens is 1. The smallest absolute Gasteiger partial charge is 0.258 e. The molecule has 0 radical (unpaired) electrons. The average molecular weight is 645 g/mol. The molecule has 1 amide bonds. The van der Waals surface area contributed by atoms with Crippen LogP contribution in [0, 0.1) is 11.6 Å². The quantitative estimate of drug-likeness (QED) is 0.289. The highest BCUT2D eigenvalue weighted by Gasteiger charge is 2.41. The first-order valence-electron chi connectivity index (χ1n) is 15.2. The zero-order chi connectivity index (χ0) is 31.9. The number of aliphatic hydroxyl groups is 1. The molecule has 0 saturated carbocycles. The maximum Gasteiger partial charge on any atom is 0.258 e. The number of halogens is 2. The summed E-state index contributed by atoms with van der Waals surface area (Å²) >= 11 is 0. The third-order valence-electron chi connectivity index (χ3n) is 8.90. The molecule has 2 fully saturated rings. The number of aliphatic hydroxyl groups excluding tert-OH is 1. The molecular weight excluding hydrogens is 606 g/mol. The Balaban J connectivity index is 1.30. The number of nitrogens with one attached hydrogen (secondary N) is 3. The van der Waals surface area contributed by atoms with E-state index in [9.17, 15) is 27.1 Å².